The quantitative estimate of drug-likeness (QED) is 0.0321. The molecule has 0 heterocycles. The van der Waals surface area contributed by atoms with Crippen molar-refractivity contribution in [3.05, 3.63) is 24.3 Å². The minimum atomic E-state index is -0.850. The Balaban J connectivity index is 3.46. The second-order valence-corrected chi connectivity index (χ2v) is 20.7. The first-order valence-electron chi connectivity index (χ1n) is 30.1. The zero-order valence-electron chi connectivity index (χ0n) is 45.1. The van der Waals surface area contributed by atoms with Crippen LogP contribution >= 0.6 is 0 Å². The maximum atomic E-state index is 12.5. The van der Waals surface area contributed by atoms with E-state index >= 15 is 0 Å². The van der Waals surface area contributed by atoms with Gasteiger partial charge in [-0.15, -0.1) is 0 Å². The molecule has 0 rings (SSSR count). The number of aliphatic hydroxyl groups excluding tert-OH is 2. The van der Waals surface area contributed by atoms with Crippen molar-refractivity contribution in [2.45, 2.75) is 341 Å². The first-order valence-corrected chi connectivity index (χ1v) is 30.1. The normalized spacial score (nSPS) is 12.7. The monoisotopic (exact) mass is 944 g/mol. The second-order valence-electron chi connectivity index (χ2n) is 20.7. The maximum absolute atomic E-state index is 12.5. The van der Waals surface area contributed by atoms with Gasteiger partial charge >= 0.3 is 5.97 Å². The molecule has 0 aliphatic rings. The fourth-order valence-corrected chi connectivity index (χ4v) is 9.32. The van der Waals surface area contributed by atoms with E-state index in [1.807, 2.05) is 6.08 Å². The fourth-order valence-electron chi connectivity index (χ4n) is 9.32. The Morgan fingerprint density at radius 3 is 1.10 bits per heavy atom. The van der Waals surface area contributed by atoms with E-state index in [0.717, 1.165) is 44.9 Å². The highest BCUT2D eigenvalue weighted by Gasteiger charge is 2.18. The summed E-state index contributed by atoms with van der Waals surface area (Å²) in [6.45, 7) is 4.87. The molecule has 0 aromatic rings. The smallest absolute Gasteiger partial charge is 0.305 e. The van der Waals surface area contributed by atoms with Crippen LogP contribution in [0.1, 0.15) is 328 Å². The Morgan fingerprint density at radius 2 is 0.716 bits per heavy atom. The van der Waals surface area contributed by atoms with E-state index < -0.39 is 12.1 Å². The molecule has 0 aromatic heterocycles. The van der Waals surface area contributed by atoms with Crippen LogP contribution in [0.3, 0.4) is 0 Å². The number of amides is 1. The van der Waals surface area contributed by atoms with Crippen molar-refractivity contribution in [2.24, 2.45) is 0 Å². The molecular weight excluding hydrogens is 827 g/mol. The molecule has 67 heavy (non-hydrogen) atoms. The maximum Gasteiger partial charge on any atom is 0.305 e. The van der Waals surface area contributed by atoms with Crippen LogP contribution in [-0.2, 0) is 14.3 Å². The third-order valence-corrected chi connectivity index (χ3v) is 14.0. The van der Waals surface area contributed by atoms with Crippen molar-refractivity contribution in [1.82, 2.24) is 5.32 Å². The first-order chi connectivity index (χ1) is 33.0. The SMILES string of the molecule is CCCC/C=C\CCCCCCCC(=O)OCCCCCCCCCCCCCCCCCCC(=O)NC(CO)C(O)/C=C/CCCCCCCCCCCCCCCCCCCCCCC. The molecule has 6 nitrogen and oxygen atoms in total. The molecule has 2 unspecified atom stereocenters. The number of aliphatic hydroxyl groups is 2. The molecule has 2 atom stereocenters. The zero-order valence-corrected chi connectivity index (χ0v) is 45.1. The van der Waals surface area contributed by atoms with E-state index in [1.165, 1.54) is 257 Å². The molecule has 0 aliphatic heterocycles. The Bertz CT molecular complexity index is 1040. The number of hydrogen-bond donors (Lipinski definition) is 3. The highest BCUT2D eigenvalue weighted by molar-refractivity contribution is 5.76. The van der Waals surface area contributed by atoms with Gasteiger partial charge in [0.25, 0.3) is 0 Å². The van der Waals surface area contributed by atoms with E-state index in [9.17, 15) is 19.8 Å². The Labute approximate surface area is 418 Å². The molecule has 0 aliphatic carbocycles. The van der Waals surface area contributed by atoms with Crippen molar-refractivity contribution < 1.29 is 24.5 Å². The van der Waals surface area contributed by atoms with Gasteiger partial charge in [0.05, 0.1) is 25.4 Å². The average molecular weight is 945 g/mol. The van der Waals surface area contributed by atoms with Crippen molar-refractivity contribution >= 4 is 11.9 Å². The van der Waals surface area contributed by atoms with Crippen LogP contribution < -0.4 is 5.32 Å². The number of ether oxygens (including phenoxy) is 1. The number of hydrogen-bond acceptors (Lipinski definition) is 5. The molecule has 0 fully saturated rings. The molecule has 0 bridgehead atoms. The molecule has 0 saturated carbocycles. The summed E-state index contributed by atoms with van der Waals surface area (Å²) in [7, 11) is 0. The van der Waals surface area contributed by atoms with Crippen LogP contribution in [-0.4, -0.2) is 47.4 Å². The van der Waals surface area contributed by atoms with Gasteiger partial charge in [0, 0.05) is 12.8 Å². The predicted octanol–water partition coefficient (Wildman–Crippen LogP) is 18.6. The number of allylic oxidation sites excluding steroid dienone is 3. The molecule has 0 radical (unpaired) electrons. The lowest BCUT2D eigenvalue weighted by molar-refractivity contribution is -0.143. The minimum absolute atomic E-state index is 0.00845. The van der Waals surface area contributed by atoms with E-state index in [-0.39, 0.29) is 18.5 Å². The Kier molecular flexibility index (Phi) is 55.5. The highest BCUT2D eigenvalue weighted by Crippen LogP contribution is 2.17. The van der Waals surface area contributed by atoms with Gasteiger partial charge in [0.1, 0.15) is 0 Å². The molecule has 0 spiro atoms. The summed E-state index contributed by atoms with van der Waals surface area (Å²) in [6, 6.07) is -0.634. The van der Waals surface area contributed by atoms with Crippen molar-refractivity contribution in [3.8, 4) is 0 Å². The lowest BCUT2D eigenvalue weighted by atomic mass is 10.0. The second kappa shape index (κ2) is 56.9. The van der Waals surface area contributed by atoms with Gasteiger partial charge in [0.15, 0.2) is 0 Å². The predicted molar refractivity (Wildman–Crippen MR) is 292 cm³/mol. The van der Waals surface area contributed by atoms with Gasteiger partial charge in [-0.05, 0) is 51.4 Å². The third-order valence-electron chi connectivity index (χ3n) is 14.0. The standard InChI is InChI=1S/C61H117NO5/c1-3-5-7-9-11-13-15-16-17-18-19-20-21-22-23-24-27-30-34-37-41-45-49-53-59(64)58(57-63)62-60(65)54-50-46-42-38-35-31-28-25-26-29-32-36-40-44-48-52-56-67-61(66)55-51-47-43-39-33-14-12-10-8-6-4-2/h10,12,49,53,58-59,63-64H,3-9,11,13-48,50-52,54-57H2,1-2H3,(H,62,65)/b12-10-,53-49+. The molecule has 396 valence electrons. The third kappa shape index (κ3) is 53.5. The summed E-state index contributed by atoms with van der Waals surface area (Å²) in [4.78, 5) is 24.5. The molecule has 6 heteroatoms. The molecular formula is C61H117NO5. The molecule has 1 amide bonds. The van der Waals surface area contributed by atoms with E-state index in [4.69, 9.17) is 4.74 Å². The van der Waals surface area contributed by atoms with E-state index in [2.05, 4.69) is 31.3 Å². The summed E-state index contributed by atoms with van der Waals surface area (Å²) >= 11 is 0. The summed E-state index contributed by atoms with van der Waals surface area (Å²) < 4.78 is 5.45. The molecule has 0 saturated heterocycles. The van der Waals surface area contributed by atoms with E-state index in [0.29, 0.717) is 19.4 Å². The van der Waals surface area contributed by atoms with Crippen LogP contribution in [0.2, 0.25) is 0 Å². The number of rotatable bonds is 56. The summed E-state index contributed by atoms with van der Waals surface area (Å²) in [5.74, 6) is -0.0804. The van der Waals surface area contributed by atoms with E-state index in [1.54, 1.807) is 6.08 Å². The average Bonchev–Trinajstić information content (AvgIpc) is 3.33. The zero-order chi connectivity index (χ0) is 48.6. The van der Waals surface area contributed by atoms with Gasteiger partial charge in [-0.25, -0.2) is 0 Å². The number of esters is 1. The Morgan fingerprint density at radius 1 is 0.403 bits per heavy atom. The Hall–Kier alpha value is -1.66. The van der Waals surface area contributed by atoms with Crippen molar-refractivity contribution in [1.29, 1.82) is 0 Å². The van der Waals surface area contributed by atoms with Crippen LogP contribution in [0.4, 0.5) is 0 Å². The fraction of sp³-hybridized carbons (Fsp3) is 0.902. The summed E-state index contributed by atoms with van der Waals surface area (Å²) in [6.07, 6.45) is 69.2. The largest absolute Gasteiger partial charge is 0.466 e. The topological polar surface area (TPSA) is 95.9 Å². The van der Waals surface area contributed by atoms with Crippen LogP contribution in [0.25, 0.3) is 0 Å². The van der Waals surface area contributed by atoms with Crippen molar-refractivity contribution in [2.75, 3.05) is 13.2 Å². The lowest BCUT2D eigenvalue weighted by Crippen LogP contribution is -2.45. The van der Waals surface area contributed by atoms with Gasteiger partial charge in [-0.3, -0.25) is 9.59 Å². The number of nitrogens with one attached hydrogen (secondary N) is 1. The van der Waals surface area contributed by atoms with Crippen LogP contribution in [0, 0.1) is 0 Å². The highest BCUT2D eigenvalue weighted by atomic mass is 16.5. The summed E-state index contributed by atoms with van der Waals surface area (Å²) in [5, 5.41) is 23.2. The van der Waals surface area contributed by atoms with Crippen LogP contribution in [0.5, 0.6) is 0 Å². The van der Waals surface area contributed by atoms with Gasteiger partial charge < -0.3 is 20.3 Å². The number of carbonyl (C=O) groups is 2. The number of unbranched alkanes of at least 4 members (excludes halogenated alkanes) is 43. The first kappa shape index (κ1) is 65.3. The number of carbonyl (C=O) groups excluding carboxylic acids is 2. The van der Waals surface area contributed by atoms with Crippen molar-refractivity contribution in [3.63, 3.8) is 0 Å². The van der Waals surface area contributed by atoms with Gasteiger partial charge in [-0.1, -0.05) is 289 Å². The van der Waals surface area contributed by atoms with Gasteiger partial charge in [-0.2, -0.15) is 0 Å². The lowest BCUT2D eigenvalue weighted by Gasteiger charge is -2.20. The van der Waals surface area contributed by atoms with Crippen LogP contribution in [0.15, 0.2) is 24.3 Å². The molecule has 0 aromatic carbocycles. The molecule has 3 N–H and O–H groups in total. The minimum Gasteiger partial charge on any atom is -0.466 e. The summed E-state index contributed by atoms with van der Waals surface area (Å²) in [5.41, 5.74) is 0. The van der Waals surface area contributed by atoms with Gasteiger partial charge in [0.2, 0.25) is 5.91 Å².